The molecule has 0 saturated heterocycles. The first-order valence-electron chi connectivity index (χ1n) is 5.43. The minimum Gasteiger partial charge on any atom is -0.457 e. The third-order valence-corrected chi connectivity index (χ3v) is 3.61. The SMILES string of the molecule is CC(C)Cc1nnc(NC(=O)c2ccoc2Br)s1. The summed E-state index contributed by atoms with van der Waals surface area (Å²) in [7, 11) is 0. The van der Waals surface area contributed by atoms with Crippen molar-refractivity contribution in [1.82, 2.24) is 10.2 Å². The maximum absolute atomic E-state index is 11.9. The van der Waals surface area contributed by atoms with Crippen molar-refractivity contribution in [3.63, 3.8) is 0 Å². The van der Waals surface area contributed by atoms with E-state index in [0.29, 0.717) is 21.3 Å². The van der Waals surface area contributed by atoms with Crippen LogP contribution in [-0.2, 0) is 6.42 Å². The lowest BCUT2D eigenvalue weighted by Crippen LogP contribution is -2.11. The summed E-state index contributed by atoms with van der Waals surface area (Å²) in [6.07, 6.45) is 2.31. The maximum Gasteiger partial charge on any atom is 0.261 e. The number of carbonyl (C=O) groups is 1. The van der Waals surface area contributed by atoms with Gasteiger partial charge in [0, 0.05) is 6.42 Å². The summed E-state index contributed by atoms with van der Waals surface area (Å²) in [5.41, 5.74) is 0.440. The number of anilines is 1. The van der Waals surface area contributed by atoms with E-state index in [4.69, 9.17) is 4.42 Å². The average molecular weight is 330 g/mol. The van der Waals surface area contributed by atoms with Crippen LogP contribution in [0.5, 0.6) is 0 Å². The molecule has 7 heteroatoms. The first-order chi connectivity index (χ1) is 8.56. The largest absolute Gasteiger partial charge is 0.457 e. The Morgan fingerprint density at radius 3 is 2.94 bits per heavy atom. The van der Waals surface area contributed by atoms with E-state index >= 15 is 0 Å². The molecule has 0 unspecified atom stereocenters. The number of carbonyl (C=O) groups excluding carboxylic acids is 1. The predicted molar refractivity (Wildman–Crippen MR) is 72.8 cm³/mol. The minimum atomic E-state index is -0.261. The van der Waals surface area contributed by atoms with Crippen molar-refractivity contribution in [1.29, 1.82) is 0 Å². The quantitative estimate of drug-likeness (QED) is 0.933. The van der Waals surface area contributed by atoms with Crippen molar-refractivity contribution < 1.29 is 9.21 Å². The van der Waals surface area contributed by atoms with Gasteiger partial charge in [-0.3, -0.25) is 10.1 Å². The molecule has 96 valence electrons. The van der Waals surface area contributed by atoms with Gasteiger partial charge in [0.05, 0.1) is 11.8 Å². The monoisotopic (exact) mass is 329 g/mol. The number of nitrogens with one attached hydrogen (secondary N) is 1. The smallest absolute Gasteiger partial charge is 0.261 e. The second-order valence-electron chi connectivity index (χ2n) is 4.16. The van der Waals surface area contributed by atoms with E-state index in [1.165, 1.54) is 17.6 Å². The highest BCUT2D eigenvalue weighted by atomic mass is 79.9. The van der Waals surface area contributed by atoms with Crippen LogP contribution in [0.1, 0.15) is 29.2 Å². The van der Waals surface area contributed by atoms with Gasteiger partial charge < -0.3 is 4.42 Å². The highest BCUT2D eigenvalue weighted by molar-refractivity contribution is 9.10. The number of hydrogen-bond acceptors (Lipinski definition) is 5. The van der Waals surface area contributed by atoms with E-state index in [1.807, 2.05) is 0 Å². The Bertz CT molecular complexity index is 550. The Kier molecular flexibility index (Phi) is 4.13. The zero-order valence-corrected chi connectivity index (χ0v) is 12.3. The van der Waals surface area contributed by atoms with Crippen molar-refractivity contribution in [2.24, 2.45) is 5.92 Å². The fraction of sp³-hybridized carbons (Fsp3) is 0.364. The van der Waals surface area contributed by atoms with Gasteiger partial charge in [0.15, 0.2) is 4.67 Å². The van der Waals surface area contributed by atoms with Crippen molar-refractivity contribution in [3.8, 4) is 0 Å². The van der Waals surface area contributed by atoms with E-state index in [1.54, 1.807) is 6.07 Å². The predicted octanol–water partition coefficient (Wildman–Crippen LogP) is 3.34. The van der Waals surface area contributed by atoms with Gasteiger partial charge in [-0.15, -0.1) is 10.2 Å². The van der Waals surface area contributed by atoms with E-state index in [-0.39, 0.29) is 5.91 Å². The van der Waals surface area contributed by atoms with Gasteiger partial charge in [-0.25, -0.2) is 0 Å². The Morgan fingerprint density at radius 1 is 1.56 bits per heavy atom. The van der Waals surface area contributed by atoms with Gasteiger partial charge in [-0.1, -0.05) is 25.2 Å². The third kappa shape index (κ3) is 3.17. The zero-order valence-electron chi connectivity index (χ0n) is 9.94. The lowest BCUT2D eigenvalue weighted by molar-refractivity contribution is 0.102. The standard InChI is InChI=1S/C11H12BrN3O2S/c1-6(2)5-8-14-15-11(18-8)13-10(16)7-3-4-17-9(7)12/h3-4,6H,5H2,1-2H3,(H,13,15,16). The summed E-state index contributed by atoms with van der Waals surface area (Å²) < 4.78 is 5.41. The highest BCUT2D eigenvalue weighted by Crippen LogP contribution is 2.22. The number of aromatic nitrogens is 2. The second kappa shape index (κ2) is 5.62. The molecule has 18 heavy (non-hydrogen) atoms. The summed E-state index contributed by atoms with van der Waals surface area (Å²) in [5.74, 6) is 0.257. The molecule has 2 heterocycles. The molecule has 0 fully saturated rings. The van der Waals surface area contributed by atoms with Crippen molar-refractivity contribution in [2.75, 3.05) is 5.32 Å². The number of hydrogen-bond donors (Lipinski definition) is 1. The van der Waals surface area contributed by atoms with Gasteiger partial charge in [0.25, 0.3) is 5.91 Å². The summed E-state index contributed by atoms with van der Waals surface area (Å²) in [6, 6.07) is 1.59. The van der Waals surface area contributed by atoms with Crippen molar-refractivity contribution >= 4 is 38.3 Å². The Morgan fingerprint density at radius 2 is 2.33 bits per heavy atom. The zero-order chi connectivity index (χ0) is 13.1. The van der Waals surface area contributed by atoms with Crippen LogP contribution in [0.4, 0.5) is 5.13 Å². The molecule has 2 rings (SSSR count). The van der Waals surface area contributed by atoms with Crippen LogP contribution in [-0.4, -0.2) is 16.1 Å². The molecular formula is C11H12BrN3O2S. The lowest BCUT2D eigenvalue weighted by atomic mass is 10.1. The van der Waals surface area contributed by atoms with Crippen LogP contribution in [0, 0.1) is 5.92 Å². The van der Waals surface area contributed by atoms with Gasteiger partial charge in [-0.2, -0.15) is 0 Å². The summed E-state index contributed by atoms with van der Waals surface area (Å²) in [5, 5.41) is 12.1. The van der Waals surface area contributed by atoms with E-state index < -0.39 is 0 Å². The first kappa shape index (κ1) is 13.2. The molecule has 0 aromatic carbocycles. The van der Waals surface area contributed by atoms with E-state index in [0.717, 1.165) is 11.4 Å². The van der Waals surface area contributed by atoms with E-state index in [9.17, 15) is 4.79 Å². The Balaban J connectivity index is 2.04. The second-order valence-corrected chi connectivity index (χ2v) is 5.94. The van der Waals surface area contributed by atoms with Gasteiger partial charge >= 0.3 is 0 Å². The van der Waals surface area contributed by atoms with Gasteiger partial charge in [0.2, 0.25) is 5.13 Å². The fourth-order valence-corrected chi connectivity index (χ4v) is 2.72. The highest BCUT2D eigenvalue weighted by Gasteiger charge is 2.15. The van der Waals surface area contributed by atoms with Crippen LogP contribution in [0.15, 0.2) is 21.4 Å². The number of nitrogens with zero attached hydrogens (tertiary/aromatic N) is 2. The van der Waals surface area contributed by atoms with Crippen LogP contribution in [0.3, 0.4) is 0 Å². The van der Waals surface area contributed by atoms with Gasteiger partial charge in [0.1, 0.15) is 5.01 Å². The minimum absolute atomic E-state index is 0.261. The molecule has 0 bridgehead atoms. The van der Waals surface area contributed by atoms with Crippen molar-refractivity contribution in [3.05, 3.63) is 27.6 Å². The summed E-state index contributed by atoms with van der Waals surface area (Å²) >= 11 is 4.55. The normalized spacial score (nSPS) is 10.9. The average Bonchev–Trinajstić information content (AvgIpc) is 2.87. The summed E-state index contributed by atoms with van der Waals surface area (Å²) in [4.78, 5) is 11.9. The number of halogens is 1. The van der Waals surface area contributed by atoms with Gasteiger partial charge in [-0.05, 0) is 27.9 Å². The van der Waals surface area contributed by atoms with Crippen LogP contribution >= 0.6 is 27.3 Å². The summed E-state index contributed by atoms with van der Waals surface area (Å²) in [6.45, 7) is 4.23. The molecule has 5 nitrogen and oxygen atoms in total. The number of furan rings is 1. The molecule has 0 radical (unpaired) electrons. The Labute approximate surface area is 117 Å². The topological polar surface area (TPSA) is 68.0 Å². The molecular weight excluding hydrogens is 318 g/mol. The number of amides is 1. The maximum atomic E-state index is 11.9. The van der Waals surface area contributed by atoms with Crippen LogP contribution in [0.2, 0.25) is 0 Å². The van der Waals surface area contributed by atoms with Crippen LogP contribution in [0.25, 0.3) is 0 Å². The van der Waals surface area contributed by atoms with E-state index in [2.05, 4.69) is 45.3 Å². The molecule has 0 aliphatic rings. The lowest BCUT2D eigenvalue weighted by Gasteiger charge is -1.98. The third-order valence-electron chi connectivity index (χ3n) is 2.13. The first-order valence-corrected chi connectivity index (χ1v) is 7.04. The fourth-order valence-electron chi connectivity index (χ4n) is 1.36. The number of rotatable bonds is 4. The molecule has 1 N–H and O–H groups in total. The molecule has 0 saturated carbocycles. The van der Waals surface area contributed by atoms with Crippen molar-refractivity contribution in [2.45, 2.75) is 20.3 Å². The molecule has 1 amide bonds. The molecule has 0 aliphatic heterocycles. The van der Waals surface area contributed by atoms with Crippen LogP contribution < -0.4 is 5.32 Å². The molecule has 0 spiro atoms. The molecule has 0 aliphatic carbocycles. The molecule has 2 aromatic heterocycles. The molecule has 2 aromatic rings. The molecule has 0 atom stereocenters. The Hall–Kier alpha value is -1.21.